The molecule has 1 aliphatic heterocycles. The van der Waals surface area contributed by atoms with Crippen LogP contribution in [0.4, 0.5) is 5.69 Å². The Morgan fingerprint density at radius 1 is 1.22 bits per heavy atom. The highest BCUT2D eigenvalue weighted by molar-refractivity contribution is 5.97. The summed E-state index contributed by atoms with van der Waals surface area (Å²) in [5.41, 5.74) is 0.791. The zero-order valence-corrected chi connectivity index (χ0v) is 9.50. The van der Waals surface area contributed by atoms with Gasteiger partial charge in [0.1, 0.15) is 5.58 Å². The van der Waals surface area contributed by atoms with Crippen molar-refractivity contribution in [3.05, 3.63) is 40.8 Å². The van der Waals surface area contributed by atoms with Gasteiger partial charge in [-0.3, -0.25) is 4.79 Å². The first-order valence-corrected chi connectivity index (χ1v) is 5.66. The molecule has 0 radical (unpaired) electrons. The fourth-order valence-corrected chi connectivity index (χ4v) is 2.17. The number of aliphatic hydroxyl groups is 1. The summed E-state index contributed by atoms with van der Waals surface area (Å²) in [5.74, 6) is -0.0979. The van der Waals surface area contributed by atoms with E-state index in [0.29, 0.717) is 17.8 Å². The summed E-state index contributed by atoms with van der Waals surface area (Å²) in [6, 6.07) is 8.13. The highest BCUT2D eigenvalue weighted by atomic mass is 16.4. The normalized spacial score (nSPS) is 19.7. The number of anilines is 1. The summed E-state index contributed by atoms with van der Waals surface area (Å²) >= 11 is 0. The average molecular weight is 245 g/mol. The quantitative estimate of drug-likeness (QED) is 0.757. The molecule has 18 heavy (non-hydrogen) atoms. The Kier molecular flexibility index (Phi) is 2.41. The Bertz CT molecular complexity index is 676. The predicted molar refractivity (Wildman–Crippen MR) is 65.5 cm³/mol. The van der Waals surface area contributed by atoms with Gasteiger partial charge in [0.2, 0.25) is 5.91 Å². The van der Waals surface area contributed by atoms with Gasteiger partial charge in [0, 0.05) is 17.1 Å². The van der Waals surface area contributed by atoms with Crippen molar-refractivity contribution in [2.75, 3.05) is 11.4 Å². The van der Waals surface area contributed by atoms with Crippen LogP contribution in [-0.2, 0) is 4.79 Å². The number of aliphatic hydroxyl groups excluding tert-OH is 1. The SMILES string of the molecule is O=C1CC(O)CN1c1ccc2oc(=O)ccc2c1. The fraction of sp³-hybridized carbons (Fsp3) is 0.231. The lowest BCUT2D eigenvalue weighted by atomic mass is 10.2. The zero-order valence-electron chi connectivity index (χ0n) is 9.50. The van der Waals surface area contributed by atoms with Crippen molar-refractivity contribution in [2.24, 2.45) is 0 Å². The van der Waals surface area contributed by atoms with Crippen molar-refractivity contribution >= 4 is 22.6 Å². The number of hydrogen-bond donors (Lipinski definition) is 1. The third-order valence-electron chi connectivity index (χ3n) is 3.02. The van der Waals surface area contributed by atoms with Crippen molar-refractivity contribution in [1.82, 2.24) is 0 Å². The van der Waals surface area contributed by atoms with Crippen LogP contribution in [-0.4, -0.2) is 23.7 Å². The second-order valence-corrected chi connectivity index (χ2v) is 4.34. The van der Waals surface area contributed by atoms with Crippen LogP contribution >= 0.6 is 0 Å². The smallest absolute Gasteiger partial charge is 0.336 e. The molecule has 1 fully saturated rings. The van der Waals surface area contributed by atoms with E-state index in [1.807, 2.05) is 0 Å². The topological polar surface area (TPSA) is 70.8 Å². The Morgan fingerprint density at radius 2 is 2.06 bits per heavy atom. The number of rotatable bonds is 1. The first kappa shape index (κ1) is 11.0. The first-order chi connectivity index (χ1) is 8.63. The molecule has 1 aromatic heterocycles. The third-order valence-corrected chi connectivity index (χ3v) is 3.02. The molecule has 1 unspecified atom stereocenters. The molecule has 5 nitrogen and oxygen atoms in total. The minimum atomic E-state index is -0.609. The molecule has 92 valence electrons. The van der Waals surface area contributed by atoms with E-state index in [2.05, 4.69) is 0 Å². The molecule has 1 aromatic carbocycles. The van der Waals surface area contributed by atoms with E-state index < -0.39 is 11.7 Å². The lowest BCUT2D eigenvalue weighted by Gasteiger charge is -2.16. The molecular weight excluding hydrogens is 234 g/mol. The maximum Gasteiger partial charge on any atom is 0.336 e. The second kappa shape index (κ2) is 3.96. The van der Waals surface area contributed by atoms with Crippen LogP contribution in [0.3, 0.4) is 0 Å². The van der Waals surface area contributed by atoms with Gasteiger partial charge >= 0.3 is 5.63 Å². The summed E-state index contributed by atoms with van der Waals surface area (Å²) in [7, 11) is 0. The van der Waals surface area contributed by atoms with Crippen molar-refractivity contribution in [1.29, 1.82) is 0 Å². The predicted octanol–water partition coefficient (Wildman–Crippen LogP) is 0.891. The van der Waals surface area contributed by atoms with Crippen LogP contribution in [0, 0.1) is 0 Å². The van der Waals surface area contributed by atoms with Gasteiger partial charge in [-0.15, -0.1) is 0 Å². The maximum atomic E-state index is 11.7. The zero-order chi connectivity index (χ0) is 12.7. The van der Waals surface area contributed by atoms with E-state index in [1.165, 1.54) is 11.0 Å². The van der Waals surface area contributed by atoms with Crippen molar-refractivity contribution < 1.29 is 14.3 Å². The van der Waals surface area contributed by atoms with Crippen LogP contribution in [0.5, 0.6) is 0 Å². The molecule has 0 bridgehead atoms. The molecule has 0 saturated carbocycles. The number of carbonyl (C=O) groups excluding carboxylic acids is 1. The van der Waals surface area contributed by atoms with E-state index in [1.54, 1.807) is 24.3 Å². The van der Waals surface area contributed by atoms with Crippen LogP contribution in [0.25, 0.3) is 11.0 Å². The molecule has 3 rings (SSSR count). The Labute approximate surface area is 102 Å². The average Bonchev–Trinajstić information content (AvgIpc) is 2.68. The minimum absolute atomic E-state index is 0.0979. The van der Waals surface area contributed by atoms with Gasteiger partial charge < -0.3 is 14.4 Å². The number of β-amino-alcohol motifs (C(OH)–C–C–N with tert-alkyl or cyclic N) is 1. The fourth-order valence-electron chi connectivity index (χ4n) is 2.17. The summed E-state index contributed by atoms with van der Waals surface area (Å²) < 4.78 is 5.02. The number of hydrogen-bond acceptors (Lipinski definition) is 4. The minimum Gasteiger partial charge on any atom is -0.423 e. The molecule has 5 heteroatoms. The van der Waals surface area contributed by atoms with E-state index in [0.717, 1.165) is 5.39 Å². The molecule has 2 heterocycles. The largest absolute Gasteiger partial charge is 0.423 e. The lowest BCUT2D eigenvalue weighted by Crippen LogP contribution is -2.25. The molecule has 2 aromatic rings. The summed E-state index contributed by atoms with van der Waals surface area (Å²) in [5, 5.41) is 10.2. The van der Waals surface area contributed by atoms with Crippen molar-refractivity contribution in [3.8, 4) is 0 Å². The number of benzene rings is 1. The highest BCUT2D eigenvalue weighted by Gasteiger charge is 2.29. The van der Waals surface area contributed by atoms with Crippen LogP contribution in [0.2, 0.25) is 0 Å². The number of nitrogens with zero attached hydrogens (tertiary/aromatic N) is 1. The van der Waals surface area contributed by atoms with Gasteiger partial charge in [-0.1, -0.05) is 0 Å². The van der Waals surface area contributed by atoms with Crippen molar-refractivity contribution in [2.45, 2.75) is 12.5 Å². The summed E-state index contributed by atoms with van der Waals surface area (Å²) in [6.45, 7) is 0.307. The van der Waals surface area contributed by atoms with Crippen LogP contribution in [0.15, 0.2) is 39.5 Å². The van der Waals surface area contributed by atoms with E-state index in [4.69, 9.17) is 4.42 Å². The maximum absolute atomic E-state index is 11.7. The molecule has 1 saturated heterocycles. The molecule has 1 aliphatic rings. The summed E-state index contributed by atoms with van der Waals surface area (Å²) in [6.07, 6.45) is -0.455. The summed E-state index contributed by atoms with van der Waals surface area (Å²) in [4.78, 5) is 24.3. The van der Waals surface area contributed by atoms with Gasteiger partial charge in [-0.25, -0.2) is 4.79 Å². The van der Waals surface area contributed by atoms with Crippen LogP contribution in [0.1, 0.15) is 6.42 Å². The standard InChI is InChI=1S/C13H11NO4/c15-10-6-12(16)14(7-10)9-2-3-11-8(5-9)1-4-13(17)18-11/h1-5,10,15H,6-7H2. The van der Waals surface area contributed by atoms with E-state index in [9.17, 15) is 14.7 Å². The lowest BCUT2D eigenvalue weighted by molar-refractivity contribution is -0.117. The van der Waals surface area contributed by atoms with Gasteiger partial charge in [0.25, 0.3) is 0 Å². The van der Waals surface area contributed by atoms with Gasteiger partial charge in [0.15, 0.2) is 0 Å². The van der Waals surface area contributed by atoms with Crippen molar-refractivity contribution in [3.63, 3.8) is 0 Å². The van der Waals surface area contributed by atoms with E-state index in [-0.39, 0.29) is 12.3 Å². The molecule has 0 spiro atoms. The monoisotopic (exact) mass is 245 g/mol. The Morgan fingerprint density at radius 3 is 2.78 bits per heavy atom. The molecular formula is C13H11NO4. The Balaban J connectivity index is 2.06. The second-order valence-electron chi connectivity index (χ2n) is 4.34. The van der Waals surface area contributed by atoms with Gasteiger partial charge in [-0.2, -0.15) is 0 Å². The third kappa shape index (κ3) is 1.78. The molecule has 1 atom stereocenters. The number of amides is 1. The number of fused-ring (bicyclic) bond motifs is 1. The first-order valence-electron chi connectivity index (χ1n) is 5.66. The van der Waals surface area contributed by atoms with Gasteiger partial charge in [0.05, 0.1) is 19.1 Å². The van der Waals surface area contributed by atoms with Crippen LogP contribution < -0.4 is 10.5 Å². The van der Waals surface area contributed by atoms with E-state index >= 15 is 0 Å². The molecule has 0 aliphatic carbocycles. The Hall–Kier alpha value is -2.14. The highest BCUT2D eigenvalue weighted by Crippen LogP contribution is 2.25. The molecule has 1 N–H and O–H groups in total. The molecule has 1 amide bonds. The number of carbonyl (C=O) groups is 1. The van der Waals surface area contributed by atoms with Gasteiger partial charge in [-0.05, 0) is 24.3 Å².